The van der Waals surface area contributed by atoms with E-state index >= 15 is 0 Å². The summed E-state index contributed by atoms with van der Waals surface area (Å²) < 4.78 is 20.2. The Morgan fingerprint density at radius 1 is 1.53 bits per heavy atom. The molecule has 0 bridgehead atoms. The zero-order valence-corrected chi connectivity index (χ0v) is 12.9. The summed E-state index contributed by atoms with van der Waals surface area (Å²) in [6, 6.07) is 5.42. The van der Waals surface area contributed by atoms with Crippen molar-refractivity contribution in [3.8, 4) is 0 Å². The Hall–Kier alpha value is -0.650. The van der Waals surface area contributed by atoms with Crippen LogP contribution in [0.25, 0.3) is 0 Å². The number of rotatable bonds is 4. The largest absolute Gasteiger partial charge is 0.380 e. The molecule has 106 valence electrons. The molecule has 1 aliphatic heterocycles. The van der Waals surface area contributed by atoms with Gasteiger partial charge in [0.05, 0.1) is 18.4 Å². The number of halogens is 2. The molecule has 0 spiro atoms. The van der Waals surface area contributed by atoms with Gasteiger partial charge in [-0.1, -0.05) is 15.9 Å². The third kappa shape index (κ3) is 4.16. The second-order valence-electron chi connectivity index (χ2n) is 5.09. The molecule has 1 heterocycles. The minimum Gasteiger partial charge on any atom is -0.380 e. The first-order chi connectivity index (χ1) is 9.06. The van der Waals surface area contributed by atoms with Crippen molar-refractivity contribution in [1.82, 2.24) is 4.90 Å². The van der Waals surface area contributed by atoms with E-state index in [4.69, 9.17) is 4.74 Å². The molecule has 0 radical (unpaired) electrons. The Morgan fingerprint density at radius 2 is 2.32 bits per heavy atom. The molecule has 1 aromatic carbocycles. The summed E-state index contributed by atoms with van der Waals surface area (Å²) in [6.07, 6.45) is 0.106. The highest BCUT2D eigenvalue weighted by Crippen LogP contribution is 2.20. The van der Waals surface area contributed by atoms with Crippen molar-refractivity contribution in [2.24, 2.45) is 0 Å². The fourth-order valence-electron chi connectivity index (χ4n) is 2.19. The van der Waals surface area contributed by atoms with Crippen LogP contribution in [0.5, 0.6) is 0 Å². The quantitative estimate of drug-likeness (QED) is 0.918. The van der Waals surface area contributed by atoms with Gasteiger partial charge < -0.3 is 10.1 Å². The molecular weight excluding hydrogens is 311 g/mol. The van der Waals surface area contributed by atoms with Gasteiger partial charge in [0.1, 0.15) is 5.82 Å². The van der Waals surface area contributed by atoms with Crippen LogP contribution in [0.15, 0.2) is 22.7 Å². The fraction of sp³-hybridized carbons (Fsp3) is 0.571. The van der Waals surface area contributed by atoms with E-state index in [0.29, 0.717) is 18.3 Å². The molecule has 1 fully saturated rings. The summed E-state index contributed by atoms with van der Waals surface area (Å²) >= 11 is 3.34. The van der Waals surface area contributed by atoms with Crippen molar-refractivity contribution in [3.63, 3.8) is 0 Å². The maximum absolute atomic E-state index is 13.6. The number of ether oxygens (including phenoxy) is 1. The zero-order valence-electron chi connectivity index (χ0n) is 11.3. The first-order valence-corrected chi connectivity index (χ1v) is 7.40. The van der Waals surface area contributed by atoms with Gasteiger partial charge in [0.15, 0.2) is 0 Å². The number of nitrogens with one attached hydrogen (secondary N) is 1. The summed E-state index contributed by atoms with van der Waals surface area (Å²) in [5.74, 6) is -0.236. The molecule has 1 N–H and O–H groups in total. The monoisotopic (exact) mass is 330 g/mol. The van der Waals surface area contributed by atoms with Crippen LogP contribution in [0.4, 0.5) is 10.1 Å². The fourth-order valence-corrected chi connectivity index (χ4v) is 2.55. The minimum absolute atomic E-state index is 0.106. The summed E-state index contributed by atoms with van der Waals surface area (Å²) in [4.78, 5) is 2.38. The summed E-state index contributed by atoms with van der Waals surface area (Å²) in [6.45, 7) is 7.59. The molecule has 3 nitrogen and oxygen atoms in total. The van der Waals surface area contributed by atoms with E-state index in [1.807, 2.05) is 0 Å². The number of hydrogen-bond donors (Lipinski definition) is 1. The lowest BCUT2D eigenvalue weighted by atomic mass is 10.2. The second-order valence-corrected chi connectivity index (χ2v) is 6.00. The molecular formula is C14H20BrFN2O. The van der Waals surface area contributed by atoms with E-state index in [9.17, 15) is 4.39 Å². The Bertz CT molecular complexity index is 428. The molecule has 0 aromatic heterocycles. The first-order valence-electron chi connectivity index (χ1n) is 6.61. The van der Waals surface area contributed by atoms with Crippen LogP contribution < -0.4 is 5.32 Å². The molecule has 1 atom stereocenters. The van der Waals surface area contributed by atoms with Crippen molar-refractivity contribution >= 4 is 21.6 Å². The SMILES string of the molecule is CC(C)N1CCOC(CNc2cc(Br)ccc2F)C1. The number of nitrogens with zero attached hydrogens (tertiary/aromatic N) is 1. The van der Waals surface area contributed by atoms with Crippen LogP contribution in [0, 0.1) is 5.82 Å². The van der Waals surface area contributed by atoms with Crippen molar-refractivity contribution in [2.75, 3.05) is 31.6 Å². The minimum atomic E-state index is -0.236. The molecule has 2 rings (SSSR count). The van der Waals surface area contributed by atoms with Gasteiger partial charge in [-0.2, -0.15) is 0 Å². The topological polar surface area (TPSA) is 24.5 Å². The van der Waals surface area contributed by atoms with Crippen LogP contribution in [0.2, 0.25) is 0 Å². The summed E-state index contributed by atoms with van der Waals surface area (Å²) in [5.41, 5.74) is 0.514. The van der Waals surface area contributed by atoms with Gasteiger partial charge in [-0.25, -0.2) is 4.39 Å². The Labute approximate surface area is 122 Å². The number of hydrogen-bond acceptors (Lipinski definition) is 3. The van der Waals surface area contributed by atoms with Gasteiger partial charge in [0, 0.05) is 30.1 Å². The Balaban J connectivity index is 1.89. The van der Waals surface area contributed by atoms with Crippen LogP contribution in [0.3, 0.4) is 0 Å². The van der Waals surface area contributed by atoms with Gasteiger partial charge in [0.25, 0.3) is 0 Å². The molecule has 1 aromatic rings. The standard InChI is InChI=1S/C14H20BrFN2O/c1-10(2)18-5-6-19-12(9-18)8-17-14-7-11(15)3-4-13(14)16/h3-4,7,10,12,17H,5-6,8-9H2,1-2H3. The van der Waals surface area contributed by atoms with Crippen molar-refractivity contribution in [1.29, 1.82) is 0 Å². The van der Waals surface area contributed by atoms with Crippen LogP contribution in [-0.2, 0) is 4.74 Å². The van der Waals surface area contributed by atoms with Crippen LogP contribution in [0.1, 0.15) is 13.8 Å². The molecule has 19 heavy (non-hydrogen) atoms. The normalized spacial score (nSPS) is 20.8. The van der Waals surface area contributed by atoms with Crippen molar-refractivity contribution in [3.05, 3.63) is 28.5 Å². The lowest BCUT2D eigenvalue weighted by Crippen LogP contribution is -2.48. The highest BCUT2D eigenvalue weighted by molar-refractivity contribution is 9.10. The van der Waals surface area contributed by atoms with Gasteiger partial charge in [-0.3, -0.25) is 4.90 Å². The van der Waals surface area contributed by atoms with Gasteiger partial charge in [-0.05, 0) is 32.0 Å². The average Bonchev–Trinajstić information content (AvgIpc) is 2.40. The van der Waals surface area contributed by atoms with E-state index in [1.165, 1.54) is 6.07 Å². The maximum Gasteiger partial charge on any atom is 0.146 e. The predicted molar refractivity (Wildman–Crippen MR) is 79.0 cm³/mol. The van der Waals surface area contributed by atoms with E-state index in [0.717, 1.165) is 24.2 Å². The molecule has 1 saturated heterocycles. The number of anilines is 1. The van der Waals surface area contributed by atoms with Gasteiger partial charge >= 0.3 is 0 Å². The van der Waals surface area contributed by atoms with Crippen LogP contribution >= 0.6 is 15.9 Å². The summed E-state index contributed by atoms with van der Waals surface area (Å²) in [7, 11) is 0. The highest BCUT2D eigenvalue weighted by atomic mass is 79.9. The smallest absolute Gasteiger partial charge is 0.146 e. The second kappa shape index (κ2) is 6.68. The first kappa shape index (κ1) is 14.8. The van der Waals surface area contributed by atoms with E-state index in [2.05, 4.69) is 40.0 Å². The van der Waals surface area contributed by atoms with Gasteiger partial charge in [0.2, 0.25) is 0 Å². The maximum atomic E-state index is 13.6. The lowest BCUT2D eigenvalue weighted by molar-refractivity contribution is -0.0315. The van der Waals surface area contributed by atoms with Crippen molar-refractivity contribution in [2.45, 2.75) is 26.0 Å². The van der Waals surface area contributed by atoms with Crippen LogP contribution in [-0.4, -0.2) is 43.3 Å². The molecule has 1 unspecified atom stereocenters. The van der Waals surface area contributed by atoms with Crippen molar-refractivity contribution < 1.29 is 9.13 Å². The van der Waals surface area contributed by atoms with Gasteiger partial charge in [-0.15, -0.1) is 0 Å². The lowest BCUT2D eigenvalue weighted by Gasteiger charge is -2.35. The predicted octanol–water partition coefficient (Wildman–Crippen LogP) is 3.11. The average molecular weight is 331 g/mol. The molecule has 0 amide bonds. The summed E-state index contributed by atoms with van der Waals surface area (Å²) in [5, 5.41) is 3.13. The highest BCUT2D eigenvalue weighted by Gasteiger charge is 2.22. The molecule has 0 saturated carbocycles. The number of morpholine rings is 1. The molecule has 5 heteroatoms. The molecule has 0 aliphatic carbocycles. The zero-order chi connectivity index (χ0) is 13.8. The van der Waals surface area contributed by atoms with E-state index < -0.39 is 0 Å². The number of benzene rings is 1. The third-order valence-electron chi connectivity index (χ3n) is 3.35. The van der Waals surface area contributed by atoms with E-state index in [1.54, 1.807) is 12.1 Å². The van der Waals surface area contributed by atoms with E-state index in [-0.39, 0.29) is 11.9 Å². The molecule has 1 aliphatic rings. The third-order valence-corrected chi connectivity index (χ3v) is 3.84. The Kier molecular flexibility index (Phi) is 5.19. The Morgan fingerprint density at radius 3 is 3.05 bits per heavy atom.